The summed E-state index contributed by atoms with van der Waals surface area (Å²) in [5.74, 6) is -0.548. The molecule has 1 aromatic rings. The predicted molar refractivity (Wildman–Crippen MR) is 68.4 cm³/mol. The van der Waals surface area contributed by atoms with Crippen LogP contribution in [0.3, 0.4) is 0 Å². The number of para-hydroxylation sites is 1. The van der Waals surface area contributed by atoms with E-state index in [1.54, 1.807) is 19.1 Å². The first-order valence-corrected chi connectivity index (χ1v) is 6.29. The summed E-state index contributed by atoms with van der Waals surface area (Å²) in [6.45, 7) is 3.01. The smallest absolute Gasteiger partial charge is 0.323 e. The minimum atomic E-state index is -0.819. The zero-order valence-corrected chi connectivity index (χ0v) is 10.6. The third-order valence-corrected chi connectivity index (χ3v) is 3.85. The molecular weight excluding hydrogens is 230 g/mol. The monoisotopic (exact) mass is 249 g/mol. The van der Waals surface area contributed by atoms with Crippen LogP contribution in [0.4, 0.5) is 0 Å². The SMILES string of the molecule is CC1(C(=O)O)CCCCN1Cc1ccccc1O. The van der Waals surface area contributed by atoms with Crippen LogP contribution in [0, 0.1) is 0 Å². The molecule has 0 bridgehead atoms. The van der Waals surface area contributed by atoms with Gasteiger partial charge < -0.3 is 10.2 Å². The van der Waals surface area contributed by atoms with E-state index in [0.29, 0.717) is 13.0 Å². The van der Waals surface area contributed by atoms with Crippen LogP contribution in [-0.2, 0) is 11.3 Å². The quantitative estimate of drug-likeness (QED) is 0.862. The second kappa shape index (κ2) is 4.98. The Labute approximate surface area is 107 Å². The van der Waals surface area contributed by atoms with Gasteiger partial charge in [-0.1, -0.05) is 18.2 Å². The van der Waals surface area contributed by atoms with E-state index in [-0.39, 0.29) is 5.75 Å². The molecule has 1 unspecified atom stereocenters. The van der Waals surface area contributed by atoms with E-state index in [9.17, 15) is 15.0 Å². The zero-order chi connectivity index (χ0) is 13.2. The number of aliphatic carboxylic acids is 1. The fourth-order valence-electron chi connectivity index (χ4n) is 2.52. The summed E-state index contributed by atoms with van der Waals surface area (Å²) < 4.78 is 0. The minimum absolute atomic E-state index is 0.232. The van der Waals surface area contributed by atoms with Gasteiger partial charge in [0.2, 0.25) is 0 Å². The highest BCUT2D eigenvalue weighted by atomic mass is 16.4. The number of piperidine rings is 1. The molecule has 1 aliphatic rings. The number of carboxylic acid groups (broad SMARTS) is 1. The van der Waals surface area contributed by atoms with Crippen molar-refractivity contribution in [1.82, 2.24) is 4.90 Å². The maximum Gasteiger partial charge on any atom is 0.323 e. The molecule has 0 saturated carbocycles. The molecule has 4 nitrogen and oxygen atoms in total. The van der Waals surface area contributed by atoms with E-state index in [0.717, 1.165) is 24.9 Å². The van der Waals surface area contributed by atoms with Crippen LogP contribution in [0.5, 0.6) is 5.75 Å². The van der Waals surface area contributed by atoms with E-state index >= 15 is 0 Å². The summed E-state index contributed by atoms with van der Waals surface area (Å²) in [6.07, 6.45) is 2.62. The molecule has 1 fully saturated rings. The van der Waals surface area contributed by atoms with Crippen LogP contribution >= 0.6 is 0 Å². The largest absolute Gasteiger partial charge is 0.508 e. The molecule has 1 aromatic carbocycles. The molecule has 4 heteroatoms. The number of carbonyl (C=O) groups is 1. The highest BCUT2D eigenvalue weighted by Crippen LogP contribution is 2.31. The summed E-state index contributed by atoms with van der Waals surface area (Å²) in [6, 6.07) is 7.10. The van der Waals surface area contributed by atoms with E-state index in [2.05, 4.69) is 0 Å². The van der Waals surface area contributed by atoms with Crippen molar-refractivity contribution in [3.63, 3.8) is 0 Å². The van der Waals surface area contributed by atoms with Crippen molar-refractivity contribution in [3.8, 4) is 5.75 Å². The summed E-state index contributed by atoms with van der Waals surface area (Å²) in [4.78, 5) is 13.4. The summed E-state index contributed by atoms with van der Waals surface area (Å²) in [7, 11) is 0. The lowest BCUT2D eigenvalue weighted by molar-refractivity contribution is -0.153. The van der Waals surface area contributed by atoms with E-state index < -0.39 is 11.5 Å². The third-order valence-electron chi connectivity index (χ3n) is 3.85. The van der Waals surface area contributed by atoms with Gasteiger partial charge in [-0.05, 0) is 38.8 Å². The van der Waals surface area contributed by atoms with Gasteiger partial charge in [-0.15, -0.1) is 0 Å². The molecular formula is C14H19NO3. The second-order valence-corrected chi connectivity index (χ2v) is 5.09. The normalized spacial score (nSPS) is 24.9. The van der Waals surface area contributed by atoms with Crippen LogP contribution in [0.1, 0.15) is 31.7 Å². The van der Waals surface area contributed by atoms with E-state index in [1.807, 2.05) is 17.0 Å². The van der Waals surface area contributed by atoms with Gasteiger partial charge in [-0.3, -0.25) is 9.69 Å². The van der Waals surface area contributed by atoms with Crippen molar-refractivity contribution in [2.24, 2.45) is 0 Å². The number of nitrogens with zero attached hydrogens (tertiary/aromatic N) is 1. The Morgan fingerprint density at radius 1 is 1.39 bits per heavy atom. The number of aromatic hydroxyl groups is 1. The standard InChI is InChI=1S/C14H19NO3/c1-14(13(17)18)8-4-5-9-15(14)10-11-6-2-3-7-12(11)16/h2-3,6-7,16H,4-5,8-10H2,1H3,(H,17,18). The van der Waals surface area contributed by atoms with Crippen molar-refractivity contribution < 1.29 is 15.0 Å². The lowest BCUT2D eigenvalue weighted by Gasteiger charge is -2.41. The van der Waals surface area contributed by atoms with Crippen molar-refractivity contribution >= 4 is 5.97 Å². The summed E-state index contributed by atoms with van der Waals surface area (Å²) in [5, 5.41) is 19.2. The van der Waals surface area contributed by atoms with Crippen molar-refractivity contribution in [3.05, 3.63) is 29.8 Å². The number of likely N-dealkylation sites (tertiary alicyclic amines) is 1. The number of rotatable bonds is 3. The Morgan fingerprint density at radius 2 is 2.11 bits per heavy atom. The van der Waals surface area contributed by atoms with Crippen molar-refractivity contribution in [2.75, 3.05) is 6.54 Å². The first-order valence-electron chi connectivity index (χ1n) is 6.29. The highest BCUT2D eigenvalue weighted by molar-refractivity contribution is 5.78. The molecule has 0 radical (unpaired) electrons. The predicted octanol–water partition coefficient (Wildman–Crippen LogP) is 2.22. The molecule has 0 amide bonds. The molecule has 18 heavy (non-hydrogen) atoms. The fraction of sp³-hybridized carbons (Fsp3) is 0.500. The molecule has 98 valence electrons. The first-order chi connectivity index (χ1) is 8.54. The molecule has 2 N–H and O–H groups in total. The van der Waals surface area contributed by atoms with Crippen LogP contribution in [0.15, 0.2) is 24.3 Å². The average Bonchev–Trinajstić information content (AvgIpc) is 2.34. The average molecular weight is 249 g/mol. The van der Waals surface area contributed by atoms with Gasteiger partial charge in [0.1, 0.15) is 11.3 Å². The Kier molecular flexibility index (Phi) is 3.57. The van der Waals surface area contributed by atoms with Gasteiger partial charge in [-0.2, -0.15) is 0 Å². The van der Waals surface area contributed by atoms with Crippen molar-refractivity contribution in [1.29, 1.82) is 0 Å². The van der Waals surface area contributed by atoms with Gasteiger partial charge >= 0.3 is 5.97 Å². The molecule has 0 spiro atoms. The van der Waals surface area contributed by atoms with E-state index in [1.165, 1.54) is 0 Å². The number of phenols is 1. The van der Waals surface area contributed by atoms with Gasteiger partial charge in [0, 0.05) is 12.1 Å². The molecule has 1 heterocycles. The lowest BCUT2D eigenvalue weighted by Crippen LogP contribution is -2.54. The van der Waals surface area contributed by atoms with E-state index in [4.69, 9.17) is 0 Å². The molecule has 1 aliphatic heterocycles. The van der Waals surface area contributed by atoms with Crippen LogP contribution in [-0.4, -0.2) is 33.2 Å². The first kappa shape index (κ1) is 12.9. The number of benzene rings is 1. The number of hydrogen-bond acceptors (Lipinski definition) is 3. The van der Waals surface area contributed by atoms with Gasteiger partial charge in [0.25, 0.3) is 0 Å². The number of carboxylic acids is 1. The Hall–Kier alpha value is -1.55. The molecule has 0 aromatic heterocycles. The number of phenolic OH excluding ortho intramolecular Hbond substituents is 1. The van der Waals surface area contributed by atoms with Crippen molar-refractivity contribution in [2.45, 2.75) is 38.3 Å². The maximum atomic E-state index is 11.5. The fourth-order valence-corrected chi connectivity index (χ4v) is 2.52. The van der Waals surface area contributed by atoms with Crippen LogP contribution in [0.2, 0.25) is 0 Å². The molecule has 1 atom stereocenters. The highest BCUT2D eigenvalue weighted by Gasteiger charge is 2.41. The van der Waals surface area contributed by atoms with Gasteiger partial charge in [0.15, 0.2) is 0 Å². The van der Waals surface area contributed by atoms with Gasteiger partial charge in [0.05, 0.1) is 0 Å². The zero-order valence-electron chi connectivity index (χ0n) is 10.6. The summed E-state index contributed by atoms with van der Waals surface area (Å²) in [5.41, 5.74) is -0.0348. The Balaban J connectivity index is 2.21. The third kappa shape index (κ3) is 2.34. The summed E-state index contributed by atoms with van der Waals surface area (Å²) >= 11 is 0. The molecule has 2 rings (SSSR count). The minimum Gasteiger partial charge on any atom is -0.508 e. The van der Waals surface area contributed by atoms with Crippen LogP contribution < -0.4 is 0 Å². The Morgan fingerprint density at radius 3 is 2.78 bits per heavy atom. The molecule has 0 aliphatic carbocycles. The van der Waals surface area contributed by atoms with Crippen LogP contribution in [0.25, 0.3) is 0 Å². The van der Waals surface area contributed by atoms with Gasteiger partial charge in [-0.25, -0.2) is 0 Å². The number of hydrogen-bond donors (Lipinski definition) is 2. The lowest BCUT2D eigenvalue weighted by atomic mass is 9.88. The topological polar surface area (TPSA) is 60.8 Å². The molecule has 1 saturated heterocycles. The maximum absolute atomic E-state index is 11.5. The second-order valence-electron chi connectivity index (χ2n) is 5.09. The Bertz CT molecular complexity index is 446.